The van der Waals surface area contributed by atoms with Crippen molar-refractivity contribution in [1.29, 1.82) is 0 Å². The van der Waals surface area contributed by atoms with E-state index in [9.17, 15) is 45.8 Å². The van der Waals surface area contributed by atoms with Gasteiger partial charge >= 0.3 is 18.3 Å². The van der Waals surface area contributed by atoms with Crippen LogP contribution in [0.1, 0.15) is 50.2 Å². The van der Waals surface area contributed by atoms with Crippen molar-refractivity contribution in [2.24, 2.45) is 0 Å². The molecule has 5 aromatic rings. The second-order valence-corrected chi connectivity index (χ2v) is 12.2. The summed E-state index contributed by atoms with van der Waals surface area (Å²) in [5, 5.41) is 14.6. The number of carboxylic acid groups (broad SMARTS) is 1. The van der Waals surface area contributed by atoms with E-state index in [0.29, 0.717) is 33.4 Å². The van der Waals surface area contributed by atoms with Gasteiger partial charge in [0.2, 0.25) is 11.8 Å². The van der Waals surface area contributed by atoms with Gasteiger partial charge in [-0.25, -0.2) is 9.78 Å². The van der Waals surface area contributed by atoms with Gasteiger partial charge < -0.3 is 20.5 Å². The van der Waals surface area contributed by atoms with Crippen LogP contribution in [0.25, 0.3) is 22.3 Å². The van der Waals surface area contributed by atoms with Crippen LogP contribution in [0.4, 0.5) is 32.0 Å². The average molecular weight is 734 g/mol. The molecule has 1 aliphatic rings. The number of hydrogen-bond donors (Lipinski definition) is 3. The van der Waals surface area contributed by atoms with E-state index in [2.05, 4.69) is 15.6 Å². The van der Waals surface area contributed by atoms with Crippen molar-refractivity contribution < 1.29 is 50.6 Å². The van der Waals surface area contributed by atoms with Crippen molar-refractivity contribution in [3.63, 3.8) is 0 Å². The van der Waals surface area contributed by atoms with Gasteiger partial charge in [0.15, 0.2) is 0 Å². The maximum atomic E-state index is 13.7. The fourth-order valence-electron chi connectivity index (χ4n) is 6.55. The number of rotatable bonds is 11. The smallest absolute Gasteiger partial charge is 0.416 e. The molecule has 0 bridgehead atoms. The Kier molecular flexibility index (Phi) is 9.98. The third-order valence-corrected chi connectivity index (χ3v) is 8.87. The molecule has 14 heteroatoms. The number of alkyl halides is 6. The van der Waals surface area contributed by atoms with Crippen LogP contribution in [-0.2, 0) is 16.4 Å². The highest BCUT2D eigenvalue weighted by Gasteiger charge is 2.49. The first kappa shape index (κ1) is 36.6. The second-order valence-electron chi connectivity index (χ2n) is 12.2. The summed E-state index contributed by atoms with van der Waals surface area (Å²) in [6, 6.07) is 25.5. The average Bonchev–Trinajstić information content (AvgIpc) is 3.42. The van der Waals surface area contributed by atoms with Gasteiger partial charge in [0.25, 0.3) is 5.91 Å². The normalized spacial score (nSPS) is 13.1. The van der Waals surface area contributed by atoms with Crippen LogP contribution in [0.2, 0.25) is 0 Å². The number of benzene rings is 4. The largest absolute Gasteiger partial charge is 0.477 e. The summed E-state index contributed by atoms with van der Waals surface area (Å²) in [6.07, 6.45) is -7.90. The molecule has 0 saturated carbocycles. The van der Waals surface area contributed by atoms with E-state index in [4.69, 9.17) is 4.74 Å². The first-order valence-corrected chi connectivity index (χ1v) is 16.2. The molecule has 0 spiro atoms. The van der Waals surface area contributed by atoms with Gasteiger partial charge in [-0.05, 0) is 70.5 Å². The number of carbonyl (C=O) groups is 3. The lowest BCUT2D eigenvalue weighted by Gasteiger charge is -2.31. The SMILES string of the molecule is O=C(Nc1cnc(OCCCC2(C(=O)NCC(F)(F)F)c3ccccc3-c3ccccc32)c(C(=O)O)c1)c1ccccc1-c1ccc(C(F)(F)F)cc1. The molecule has 2 amide bonds. The first-order valence-electron chi connectivity index (χ1n) is 16.2. The van der Waals surface area contributed by atoms with E-state index < -0.39 is 53.2 Å². The summed E-state index contributed by atoms with van der Waals surface area (Å²) in [7, 11) is 0. The molecular formula is C39H29F6N3O5. The molecule has 0 unspecified atom stereocenters. The fourth-order valence-corrected chi connectivity index (χ4v) is 6.55. The number of amides is 2. The Morgan fingerprint density at radius 3 is 1.92 bits per heavy atom. The van der Waals surface area contributed by atoms with Crippen molar-refractivity contribution in [1.82, 2.24) is 10.3 Å². The number of hydrogen-bond acceptors (Lipinski definition) is 5. The number of nitrogens with one attached hydrogen (secondary N) is 2. The molecular weight excluding hydrogens is 704 g/mol. The van der Waals surface area contributed by atoms with Crippen molar-refractivity contribution >= 4 is 23.5 Å². The predicted molar refractivity (Wildman–Crippen MR) is 182 cm³/mol. The van der Waals surface area contributed by atoms with Crippen LogP contribution in [-0.4, -0.2) is 47.2 Å². The molecule has 0 atom stereocenters. The summed E-state index contributed by atoms with van der Waals surface area (Å²) in [4.78, 5) is 43.3. The number of fused-ring (bicyclic) bond motifs is 3. The van der Waals surface area contributed by atoms with Gasteiger partial charge in [0, 0.05) is 5.56 Å². The quantitative estimate of drug-likeness (QED) is 0.0926. The number of halogens is 6. The number of nitrogens with zero attached hydrogens (tertiary/aromatic N) is 1. The number of carboxylic acids is 1. The van der Waals surface area contributed by atoms with E-state index in [1.165, 1.54) is 18.2 Å². The molecule has 0 saturated heterocycles. The van der Waals surface area contributed by atoms with Crippen LogP contribution in [0.3, 0.4) is 0 Å². The first-order chi connectivity index (χ1) is 25.2. The van der Waals surface area contributed by atoms with E-state index in [0.717, 1.165) is 24.4 Å². The fraction of sp³-hybridized carbons (Fsp3) is 0.179. The van der Waals surface area contributed by atoms with E-state index in [1.54, 1.807) is 66.7 Å². The lowest BCUT2D eigenvalue weighted by Crippen LogP contribution is -2.47. The van der Waals surface area contributed by atoms with Gasteiger partial charge in [0.05, 0.1) is 24.1 Å². The summed E-state index contributed by atoms with van der Waals surface area (Å²) < 4.78 is 84.5. The number of pyridine rings is 1. The second kappa shape index (κ2) is 14.4. The summed E-state index contributed by atoms with van der Waals surface area (Å²) in [5.41, 5.74) is 0.510. The predicted octanol–water partition coefficient (Wildman–Crippen LogP) is 8.52. The van der Waals surface area contributed by atoms with Crippen LogP contribution in [0, 0.1) is 0 Å². The Bertz CT molecular complexity index is 2140. The summed E-state index contributed by atoms with van der Waals surface area (Å²) in [6.45, 7) is -1.69. The maximum Gasteiger partial charge on any atom is 0.416 e. The molecule has 6 rings (SSSR count). The third-order valence-electron chi connectivity index (χ3n) is 8.87. The number of aromatic nitrogens is 1. The molecule has 1 aromatic heterocycles. The third kappa shape index (κ3) is 7.57. The Morgan fingerprint density at radius 1 is 0.755 bits per heavy atom. The van der Waals surface area contributed by atoms with Crippen molar-refractivity contribution in [3.8, 4) is 28.1 Å². The highest BCUT2D eigenvalue weighted by Crippen LogP contribution is 2.51. The van der Waals surface area contributed by atoms with Gasteiger partial charge in [-0.2, -0.15) is 26.3 Å². The lowest BCUT2D eigenvalue weighted by atomic mass is 9.73. The Hall–Kier alpha value is -6.18. The zero-order valence-corrected chi connectivity index (χ0v) is 27.5. The van der Waals surface area contributed by atoms with Crippen molar-refractivity contribution in [3.05, 3.63) is 137 Å². The molecule has 8 nitrogen and oxygen atoms in total. The van der Waals surface area contributed by atoms with Crippen molar-refractivity contribution in [2.75, 3.05) is 18.5 Å². The molecule has 1 aliphatic carbocycles. The number of ether oxygens (including phenoxy) is 1. The maximum absolute atomic E-state index is 13.7. The zero-order valence-electron chi connectivity index (χ0n) is 27.5. The highest BCUT2D eigenvalue weighted by atomic mass is 19.4. The lowest BCUT2D eigenvalue weighted by molar-refractivity contribution is -0.141. The van der Waals surface area contributed by atoms with Gasteiger partial charge in [0.1, 0.15) is 17.5 Å². The minimum Gasteiger partial charge on any atom is -0.477 e. The van der Waals surface area contributed by atoms with Gasteiger partial charge in [-0.15, -0.1) is 0 Å². The number of aromatic carboxylic acids is 1. The number of anilines is 1. The molecule has 0 fully saturated rings. The molecule has 0 aliphatic heterocycles. The van der Waals surface area contributed by atoms with Crippen LogP contribution >= 0.6 is 0 Å². The molecule has 272 valence electrons. The van der Waals surface area contributed by atoms with Gasteiger partial charge in [-0.3, -0.25) is 9.59 Å². The Labute approximate surface area is 298 Å². The molecule has 4 aromatic carbocycles. The Balaban J connectivity index is 1.19. The molecule has 53 heavy (non-hydrogen) atoms. The van der Waals surface area contributed by atoms with E-state index in [-0.39, 0.29) is 36.6 Å². The van der Waals surface area contributed by atoms with Crippen molar-refractivity contribution in [2.45, 2.75) is 30.6 Å². The van der Waals surface area contributed by atoms with Crippen LogP contribution < -0.4 is 15.4 Å². The Morgan fingerprint density at radius 2 is 1.34 bits per heavy atom. The zero-order chi connectivity index (χ0) is 38.0. The van der Waals surface area contributed by atoms with Crippen LogP contribution in [0.5, 0.6) is 5.88 Å². The summed E-state index contributed by atoms with van der Waals surface area (Å²) >= 11 is 0. The topological polar surface area (TPSA) is 118 Å². The number of carbonyl (C=O) groups excluding carboxylic acids is 2. The summed E-state index contributed by atoms with van der Waals surface area (Å²) in [5.74, 6) is -3.26. The monoisotopic (exact) mass is 733 g/mol. The van der Waals surface area contributed by atoms with Gasteiger partial charge in [-0.1, -0.05) is 78.9 Å². The van der Waals surface area contributed by atoms with E-state index in [1.807, 2.05) is 0 Å². The van der Waals surface area contributed by atoms with E-state index >= 15 is 0 Å². The minimum atomic E-state index is -4.64. The van der Waals surface area contributed by atoms with Crippen LogP contribution in [0.15, 0.2) is 109 Å². The highest BCUT2D eigenvalue weighted by molar-refractivity contribution is 6.09. The molecule has 0 radical (unpaired) electrons. The standard InChI is InChI=1S/C39H29F6N3O5/c40-38(41,42)22-47-36(52)37(31-12-5-3-9-27(31)28-10-4-6-13-32(28)37)18-7-19-53-34-30(35(50)51)20-25(21-46-34)48-33(49)29-11-2-1-8-26(29)23-14-16-24(17-15-23)39(43,44)45/h1-6,8-17,20-21H,7,18-19,22H2,(H,47,52)(H,48,49)(H,50,51). The molecule has 3 N–H and O–H groups in total. The minimum absolute atomic E-state index is 0.0126. The molecule has 1 heterocycles.